The van der Waals surface area contributed by atoms with Crippen LogP contribution in [0.15, 0.2) is 12.2 Å². The molecular formula is C10H22O2SSi. The van der Waals surface area contributed by atoms with Crippen LogP contribution in [0, 0.1) is 0 Å². The van der Waals surface area contributed by atoms with E-state index in [4.69, 9.17) is 3.87 Å². The van der Waals surface area contributed by atoms with Gasteiger partial charge in [0.1, 0.15) is 11.1 Å². The van der Waals surface area contributed by atoms with Crippen molar-refractivity contribution in [1.29, 1.82) is 0 Å². The van der Waals surface area contributed by atoms with Crippen LogP contribution in [0.2, 0.25) is 18.1 Å². The third-order valence-corrected chi connectivity index (χ3v) is 9.22. The van der Waals surface area contributed by atoms with Crippen molar-refractivity contribution >= 4 is 19.4 Å². The molecule has 0 aromatic heterocycles. The first kappa shape index (κ1) is 14.1. The van der Waals surface area contributed by atoms with Crippen molar-refractivity contribution in [3.8, 4) is 0 Å². The van der Waals surface area contributed by atoms with Crippen molar-refractivity contribution in [3.05, 3.63) is 12.2 Å². The quantitative estimate of drug-likeness (QED) is 0.551. The van der Waals surface area contributed by atoms with Gasteiger partial charge in [-0.05, 0) is 25.1 Å². The number of hydrogen-bond acceptors (Lipinski definition) is 2. The molecule has 0 saturated carbocycles. The molecule has 0 aromatic rings. The lowest BCUT2D eigenvalue weighted by Gasteiger charge is -2.34. The van der Waals surface area contributed by atoms with E-state index >= 15 is 0 Å². The van der Waals surface area contributed by atoms with Crippen LogP contribution < -0.4 is 0 Å². The third-order valence-electron chi connectivity index (χ3n) is 2.47. The van der Waals surface area contributed by atoms with Crippen LogP contribution in [-0.2, 0) is 15.0 Å². The Labute approximate surface area is 91.5 Å². The Morgan fingerprint density at radius 2 is 1.86 bits per heavy atom. The monoisotopic (exact) mass is 234 g/mol. The lowest BCUT2D eigenvalue weighted by molar-refractivity contribution is 0.511. The minimum Gasteiger partial charge on any atom is -0.334 e. The van der Waals surface area contributed by atoms with Crippen LogP contribution in [-0.4, -0.2) is 18.3 Å². The molecule has 0 N–H and O–H groups in total. The van der Waals surface area contributed by atoms with Crippen molar-refractivity contribution in [2.45, 2.75) is 45.8 Å². The van der Waals surface area contributed by atoms with E-state index in [2.05, 4.69) is 40.4 Å². The zero-order chi connectivity index (χ0) is 11.6. The van der Waals surface area contributed by atoms with E-state index in [1.165, 1.54) is 0 Å². The lowest BCUT2D eigenvalue weighted by atomic mass is 10.2. The van der Waals surface area contributed by atoms with Gasteiger partial charge in [-0.3, -0.25) is 0 Å². The fourth-order valence-electron chi connectivity index (χ4n) is 0.588. The average Bonchev–Trinajstić information content (AvgIpc) is 1.79. The highest BCUT2D eigenvalue weighted by molar-refractivity contribution is 7.81. The van der Waals surface area contributed by atoms with Crippen LogP contribution >= 0.6 is 0 Å². The molecule has 0 rings (SSSR count). The van der Waals surface area contributed by atoms with Gasteiger partial charge in [0.25, 0.3) is 0 Å². The van der Waals surface area contributed by atoms with Crippen molar-refractivity contribution in [1.82, 2.24) is 0 Å². The standard InChI is InChI=1S/C10H22O2SSi/c1-9(2)8-13(11)12-14(6,7)10(3,4)5/h1,8H2,2-7H3/t13-/m1/s1. The summed E-state index contributed by atoms with van der Waals surface area (Å²) in [7, 11) is -1.88. The van der Waals surface area contributed by atoms with Crippen molar-refractivity contribution in [3.63, 3.8) is 0 Å². The summed E-state index contributed by atoms with van der Waals surface area (Å²) in [5.74, 6) is 0.451. The zero-order valence-electron chi connectivity index (χ0n) is 10.1. The maximum Gasteiger partial charge on any atom is 0.213 e. The Hall–Kier alpha value is 0.0669. The number of rotatable bonds is 4. The van der Waals surface area contributed by atoms with E-state index in [0.29, 0.717) is 5.75 Å². The van der Waals surface area contributed by atoms with Crippen LogP contribution in [0.3, 0.4) is 0 Å². The van der Waals surface area contributed by atoms with E-state index in [1.807, 2.05) is 6.92 Å². The van der Waals surface area contributed by atoms with Crippen molar-refractivity contribution in [2.24, 2.45) is 0 Å². The highest BCUT2D eigenvalue weighted by atomic mass is 32.2. The summed E-state index contributed by atoms with van der Waals surface area (Å²) in [6, 6.07) is 0. The number of hydrogen-bond donors (Lipinski definition) is 0. The maximum absolute atomic E-state index is 11.6. The van der Waals surface area contributed by atoms with Gasteiger partial charge in [-0.2, -0.15) is 0 Å². The minimum atomic E-state index is -1.88. The first-order chi connectivity index (χ1) is 6.06. The molecule has 0 spiro atoms. The first-order valence-corrected chi connectivity index (χ1v) is 8.94. The largest absolute Gasteiger partial charge is 0.334 e. The van der Waals surface area contributed by atoms with E-state index < -0.39 is 19.4 Å². The molecule has 0 unspecified atom stereocenters. The van der Waals surface area contributed by atoms with Crippen LogP contribution in [0.5, 0.6) is 0 Å². The predicted octanol–water partition coefficient (Wildman–Crippen LogP) is 3.25. The summed E-state index contributed by atoms with van der Waals surface area (Å²) in [5.41, 5.74) is 0.905. The highest BCUT2D eigenvalue weighted by Gasteiger charge is 2.39. The highest BCUT2D eigenvalue weighted by Crippen LogP contribution is 2.37. The topological polar surface area (TPSA) is 26.3 Å². The van der Waals surface area contributed by atoms with Gasteiger partial charge in [0.2, 0.25) is 8.32 Å². The van der Waals surface area contributed by atoms with Crippen molar-refractivity contribution in [2.75, 3.05) is 5.75 Å². The SMILES string of the molecule is C=C(C)C[S@](=O)O[Si](C)(C)C(C)(C)C. The zero-order valence-corrected chi connectivity index (χ0v) is 12.0. The molecule has 14 heavy (non-hydrogen) atoms. The predicted molar refractivity (Wildman–Crippen MR) is 66.1 cm³/mol. The summed E-state index contributed by atoms with van der Waals surface area (Å²) < 4.78 is 17.2. The molecule has 0 bridgehead atoms. The van der Waals surface area contributed by atoms with Gasteiger partial charge in [-0.15, -0.1) is 0 Å². The average molecular weight is 234 g/mol. The Morgan fingerprint density at radius 1 is 1.43 bits per heavy atom. The lowest BCUT2D eigenvalue weighted by Crippen LogP contribution is -2.41. The van der Waals surface area contributed by atoms with Gasteiger partial charge < -0.3 is 3.87 Å². The van der Waals surface area contributed by atoms with Gasteiger partial charge >= 0.3 is 0 Å². The van der Waals surface area contributed by atoms with Crippen molar-refractivity contribution < 1.29 is 8.08 Å². The van der Waals surface area contributed by atoms with Crippen LogP contribution in [0.4, 0.5) is 0 Å². The Balaban J connectivity index is 4.37. The van der Waals surface area contributed by atoms with Crippen LogP contribution in [0.25, 0.3) is 0 Å². The fourth-order valence-corrected chi connectivity index (χ4v) is 4.09. The maximum atomic E-state index is 11.6. The summed E-state index contributed by atoms with van der Waals surface area (Å²) in [6.07, 6.45) is 0. The van der Waals surface area contributed by atoms with Gasteiger partial charge in [0.15, 0.2) is 0 Å². The summed E-state index contributed by atoms with van der Waals surface area (Å²) in [4.78, 5) is 0. The molecule has 1 atom stereocenters. The van der Waals surface area contributed by atoms with E-state index in [0.717, 1.165) is 5.57 Å². The molecule has 0 aliphatic carbocycles. The molecule has 84 valence electrons. The fraction of sp³-hybridized carbons (Fsp3) is 0.800. The molecule has 0 aliphatic rings. The van der Waals surface area contributed by atoms with E-state index in [9.17, 15) is 4.21 Å². The second kappa shape index (κ2) is 4.73. The van der Waals surface area contributed by atoms with Gasteiger partial charge in [-0.25, -0.2) is 4.21 Å². The molecule has 4 heteroatoms. The molecule has 2 nitrogen and oxygen atoms in total. The molecule has 0 amide bonds. The molecule has 0 aliphatic heterocycles. The van der Waals surface area contributed by atoms with Gasteiger partial charge in [0, 0.05) is 0 Å². The molecule has 0 radical (unpaired) electrons. The van der Waals surface area contributed by atoms with Crippen LogP contribution in [0.1, 0.15) is 27.7 Å². The Kier molecular flexibility index (Phi) is 4.75. The molecule has 0 heterocycles. The van der Waals surface area contributed by atoms with Gasteiger partial charge in [0.05, 0.1) is 5.75 Å². The van der Waals surface area contributed by atoms with Gasteiger partial charge in [-0.1, -0.05) is 32.9 Å². The minimum absolute atomic E-state index is 0.109. The third kappa shape index (κ3) is 4.53. The summed E-state index contributed by atoms with van der Waals surface area (Å²) in [6.45, 7) is 16.2. The normalized spacial score (nSPS) is 15.3. The van der Waals surface area contributed by atoms with E-state index in [-0.39, 0.29) is 5.04 Å². The summed E-state index contributed by atoms with van der Waals surface area (Å²) in [5, 5.41) is 0.109. The summed E-state index contributed by atoms with van der Waals surface area (Å²) >= 11 is -1.20. The second-order valence-electron chi connectivity index (χ2n) is 5.25. The first-order valence-electron chi connectivity index (χ1n) is 4.78. The smallest absolute Gasteiger partial charge is 0.213 e. The molecule has 0 fully saturated rings. The van der Waals surface area contributed by atoms with E-state index in [1.54, 1.807) is 0 Å². The molecule has 0 saturated heterocycles. The Bertz CT molecular complexity index is 241. The molecular weight excluding hydrogens is 212 g/mol. The second-order valence-corrected chi connectivity index (χ2v) is 11.3. The molecule has 0 aromatic carbocycles. The Morgan fingerprint density at radius 3 is 2.14 bits per heavy atom.